The highest BCUT2D eigenvalue weighted by Crippen LogP contribution is 2.31. The highest BCUT2D eigenvalue weighted by molar-refractivity contribution is 6.02. The van der Waals surface area contributed by atoms with Crippen LogP contribution in [-0.2, 0) is 11.3 Å². The number of anilines is 2. The minimum absolute atomic E-state index is 0.160. The molecule has 0 radical (unpaired) electrons. The summed E-state index contributed by atoms with van der Waals surface area (Å²) in [5.74, 6) is 0.565. The number of carbonyl (C=O) groups is 1. The number of carbonyl (C=O) groups excluding carboxylic acids is 1. The van der Waals surface area contributed by atoms with Crippen LogP contribution in [0.3, 0.4) is 0 Å². The number of rotatable bonds is 11. The van der Waals surface area contributed by atoms with Crippen molar-refractivity contribution in [1.29, 1.82) is 5.41 Å². The van der Waals surface area contributed by atoms with E-state index < -0.39 is 0 Å². The van der Waals surface area contributed by atoms with Crippen LogP contribution >= 0.6 is 0 Å². The van der Waals surface area contributed by atoms with Gasteiger partial charge in [-0.2, -0.15) is 0 Å². The van der Waals surface area contributed by atoms with Crippen molar-refractivity contribution in [1.82, 2.24) is 15.3 Å². The Morgan fingerprint density at radius 3 is 2.74 bits per heavy atom. The number of pyridine rings is 2. The molecule has 2 aromatic heterocycles. The van der Waals surface area contributed by atoms with Gasteiger partial charge < -0.3 is 26.1 Å². The molecular formula is C23H30N6O2. The Morgan fingerprint density at radius 2 is 2.10 bits per heavy atom. The standard InChI is InChI=1S/C23H30N6O2/c1-15(2)28-22-20(27-13-18-9-7-11-26-23(18)31-5)12-19(29-21(22)17(4)24)16(3)8-6-10-25-14-30/h6-12,14-15,24,28H,13H2,1-5H3,(H,25,30)(H,27,29)/b10-6-,16-8+,24-17?. The van der Waals surface area contributed by atoms with Crippen molar-refractivity contribution < 1.29 is 9.53 Å². The summed E-state index contributed by atoms with van der Waals surface area (Å²) in [4.78, 5) is 19.4. The number of hydrogen-bond acceptors (Lipinski definition) is 7. The van der Waals surface area contributed by atoms with E-state index in [4.69, 9.17) is 15.1 Å². The maximum atomic E-state index is 10.4. The van der Waals surface area contributed by atoms with Crippen LogP contribution in [0.5, 0.6) is 5.88 Å². The summed E-state index contributed by atoms with van der Waals surface area (Å²) in [7, 11) is 1.60. The predicted molar refractivity (Wildman–Crippen MR) is 126 cm³/mol. The van der Waals surface area contributed by atoms with Crippen LogP contribution < -0.4 is 20.7 Å². The monoisotopic (exact) mass is 422 g/mol. The molecule has 0 aliphatic heterocycles. The van der Waals surface area contributed by atoms with Crippen molar-refractivity contribution in [3.8, 4) is 5.88 Å². The zero-order valence-electron chi connectivity index (χ0n) is 18.6. The van der Waals surface area contributed by atoms with E-state index in [1.165, 1.54) is 0 Å². The fourth-order valence-electron chi connectivity index (χ4n) is 2.90. The largest absolute Gasteiger partial charge is 0.481 e. The number of nitrogens with one attached hydrogen (secondary N) is 4. The third-order valence-electron chi connectivity index (χ3n) is 4.33. The molecule has 0 aromatic carbocycles. The van der Waals surface area contributed by atoms with Gasteiger partial charge in [0.05, 0.1) is 29.9 Å². The zero-order valence-corrected chi connectivity index (χ0v) is 18.6. The molecule has 0 atom stereocenters. The molecule has 0 spiro atoms. The maximum absolute atomic E-state index is 10.4. The normalized spacial score (nSPS) is 11.5. The second-order valence-electron chi connectivity index (χ2n) is 7.22. The van der Waals surface area contributed by atoms with Crippen molar-refractivity contribution >= 4 is 29.1 Å². The topological polar surface area (TPSA) is 112 Å². The molecule has 0 fully saturated rings. The van der Waals surface area contributed by atoms with E-state index in [1.807, 2.05) is 45.0 Å². The Kier molecular flexibility index (Phi) is 8.75. The van der Waals surface area contributed by atoms with Crippen molar-refractivity contribution in [2.24, 2.45) is 0 Å². The van der Waals surface area contributed by atoms with Gasteiger partial charge >= 0.3 is 0 Å². The summed E-state index contributed by atoms with van der Waals surface area (Å²) in [5, 5.41) is 17.6. The SMILES string of the molecule is COc1ncccc1CNc1cc(/C(C)=C/C=C\NC=O)nc(C(C)=N)c1NC(C)C. The summed E-state index contributed by atoms with van der Waals surface area (Å²) in [6.07, 6.45) is 7.43. The summed E-state index contributed by atoms with van der Waals surface area (Å²) < 4.78 is 5.36. The molecule has 0 aliphatic rings. The molecule has 1 amide bonds. The van der Waals surface area contributed by atoms with E-state index in [0.29, 0.717) is 30.2 Å². The maximum Gasteiger partial charge on any atom is 0.218 e. The lowest BCUT2D eigenvalue weighted by Crippen LogP contribution is -2.17. The van der Waals surface area contributed by atoms with Gasteiger partial charge in [-0.3, -0.25) is 4.79 Å². The summed E-state index contributed by atoms with van der Waals surface area (Å²) in [6, 6.07) is 5.93. The van der Waals surface area contributed by atoms with Gasteiger partial charge in [0, 0.05) is 30.5 Å². The first-order valence-electron chi connectivity index (χ1n) is 9.99. The number of methoxy groups -OCH3 is 1. The summed E-state index contributed by atoms with van der Waals surface area (Å²) in [6.45, 7) is 8.23. The van der Waals surface area contributed by atoms with Crippen molar-refractivity contribution in [3.05, 3.63) is 59.7 Å². The molecule has 0 unspecified atom stereocenters. The smallest absolute Gasteiger partial charge is 0.218 e. The molecule has 31 heavy (non-hydrogen) atoms. The molecule has 2 aromatic rings. The number of amides is 1. The van der Waals surface area contributed by atoms with Gasteiger partial charge in [-0.15, -0.1) is 0 Å². The van der Waals surface area contributed by atoms with E-state index in [2.05, 4.69) is 20.9 Å². The fraction of sp³-hybridized carbons (Fsp3) is 0.304. The van der Waals surface area contributed by atoms with Gasteiger partial charge in [-0.25, -0.2) is 9.97 Å². The molecule has 0 saturated heterocycles. The lowest BCUT2D eigenvalue weighted by atomic mass is 10.1. The first kappa shape index (κ1) is 23.6. The Labute approximate surface area is 183 Å². The van der Waals surface area contributed by atoms with E-state index in [-0.39, 0.29) is 6.04 Å². The number of nitrogens with zero attached hydrogens (tertiary/aromatic N) is 2. The summed E-state index contributed by atoms with van der Waals surface area (Å²) >= 11 is 0. The van der Waals surface area contributed by atoms with Crippen LogP contribution in [0.2, 0.25) is 0 Å². The quantitative estimate of drug-likeness (QED) is 0.248. The third-order valence-corrected chi connectivity index (χ3v) is 4.33. The number of ether oxygens (including phenoxy) is 1. The highest BCUT2D eigenvalue weighted by atomic mass is 16.5. The molecule has 0 bridgehead atoms. The molecule has 2 heterocycles. The zero-order chi connectivity index (χ0) is 22.8. The lowest BCUT2D eigenvalue weighted by molar-refractivity contribution is -0.108. The lowest BCUT2D eigenvalue weighted by Gasteiger charge is -2.21. The first-order chi connectivity index (χ1) is 14.9. The molecule has 8 nitrogen and oxygen atoms in total. The Balaban J connectivity index is 2.49. The third kappa shape index (κ3) is 6.67. The van der Waals surface area contributed by atoms with Gasteiger partial charge in [-0.05, 0) is 51.5 Å². The minimum Gasteiger partial charge on any atom is -0.481 e. The van der Waals surface area contributed by atoms with E-state index in [1.54, 1.807) is 32.5 Å². The van der Waals surface area contributed by atoms with Gasteiger partial charge in [0.15, 0.2) is 0 Å². The Hall–Kier alpha value is -3.68. The van der Waals surface area contributed by atoms with Crippen LogP contribution in [0, 0.1) is 5.41 Å². The second-order valence-corrected chi connectivity index (χ2v) is 7.22. The van der Waals surface area contributed by atoms with Crippen LogP contribution in [0.25, 0.3) is 5.57 Å². The Bertz CT molecular complexity index is 982. The number of aromatic nitrogens is 2. The van der Waals surface area contributed by atoms with E-state index in [9.17, 15) is 4.79 Å². The number of hydrogen-bond donors (Lipinski definition) is 4. The Morgan fingerprint density at radius 1 is 1.32 bits per heavy atom. The van der Waals surface area contributed by atoms with Gasteiger partial charge in [0.25, 0.3) is 0 Å². The van der Waals surface area contributed by atoms with Crippen molar-refractivity contribution in [2.75, 3.05) is 17.7 Å². The predicted octanol–water partition coefficient (Wildman–Crippen LogP) is 3.97. The van der Waals surface area contributed by atoms with Crippen molar-refractivity contribution in [3.63, 3.8) is 0 Å². The van der Waals surface area contributed by atoms with E-state index in [0.717, 1.165) is 28.2 Å². The van der Waals surface area contributed by atoms with Crippen LogP contribution in [0.15, 0.2) is 42.7 Å². The second kappa shape index (κ2) is 11.5. The fourth-order valence-corrected chi connectivity index (χ4v) is 2.90. The van der Waals surface area contributed by atoms with Gasteiger partial charge in [-0.1, -0.05) is 12.1 Å². The van der Waals surface area contributed by atoms with Crippen molar-refractivity contribution in [2.45, 2.75) is 40.3 Å². The summed E-state index contributed by atoms with van der Waals surface area (Å²) in [5.41, 5.74) is 5.08. The minimum atomic E-state index is 0.160. The first-order valence-corrected chi connectivity index (χ1v) is 9.99. The van der Waals surface area contributed by atoms with Crippen LogP contribution in [0.4, 0.5) is 11.4 Å². The van der Waals surface area contributed by atoms with Gasteiger partial charge in [0.2, 0.25) is 12.3 Å². The highest BCUT2D eigenvalue weighted by Gasteiger charge is 2.16. The average molecular weight is 423 g/mol. The molecule has 0 saturated carbocycles. The van der Waals surface area contributed by atoms with E-state index >= 15 is 0 Å². The average Bonchev–Trinajstić information content (AvgIpc) is 2.75. The number of allylic oxidation sites excluding steroid dienone is 3. The molecule has 2 rings (SSSR count). The molecule has 4 N–H and O–H groups in total. The molecule has 8 heteroatoms. The van der Waals surface area contributed by atoms with Crippen LogP contribution in [0.1, 0.15) is 44.6 Å². The van der Waals surface area contributed by atoms with Crippen LogP contribution in [-0.4, -0.2) is 35.2 Å². The molecular weight excluding hydrogens is 392 g/mol. The molecule has 164 valence electrons. The molecule has 0 aliphatic carbocycles. The van der Waals surface area contributed by atoms with Gasteiger partial charge in [0.1, 0.15) is 5.69 Å².